The number of aromatic amines is 1. The topological polar surface area (TPSA) is 82.1 Å². The largest absolute Gasteiger partial charge is 0.416 e. The van der Waals surface area contributed by atoms with Gasteiger partial charge in [0.2, 0.25) is 0 Å². The number of nitrogens with zero attached hydrogens (tertiary/aromatic N) is 5. The van der Waals surface area contributed by atoms with Gasteiger partial charge >= 0.3 is 6.18 Å². The zero-order chi connectivity index (χ0) is 22.3. The molecule has 2 aromatic heterocycles. The van der Waals surface area contributed by atoms with Crippen molar-refractivity contribution < 1.29 is 13.2 Å². The van der Waals surface area contributed by atoms with Crippen molar-refractivity contribution >= 4 is 46.1 Å². The van der Waals surface area contributed by atoms with Crippen molar-refractivity contribution in [1.82, 2.24) is 19.9 Å². The number of alkyl halides is 3. The maximum Gasteiger partial charge on any atom is 0.416 e. The SMILES string of the molecule is CC(Nc1ncnc2[nH]cnc12)C1=Nc2ccccc2SN1c1cccc(C(F)(F)F)c1. The molecule has 1 aliphatic heterocycles. The first-order valence-corrected chi connectivity index (χ1v) is 10.4. The third kappa shape index (κ3) is 3.75. The number of imidazole rings is 1. The van der Waals surface area contributed by atoms with Gasteiger partial charge in [-0.2, -0.15) is 13.2 Å². The van der Waals surface area contributed by atoms with Crippen LogP contribution in [0.1, 0.15) is 12.5 Å². The van der Waals surface area contributed by atoms with Crippen molar-refractivity contribution in [1.29, 1.82) is 0 Å². The predicted molar refractivity (Wildman–Crippen MR) is 118 cm³/mol. The number of hydrogen-bond donors (Lipinski definition) is 2. The third-order valence-corrected chi connectivity index (χ3v) is 5.99. The summed E-state index contributed by atoms with van der Waals surface area (Å²) < 4.78 is 41.7. The fraction of sp³-hybridized carbons (Fsp3) is 0.143. The number of H-pyrrole nitrogens is 1. The molecule has 1 atom stereocenters. The van der Waals surface area contributed by atoms with Crippen molar-refractivity contribution in [3.05, 3.63) is 66.7 Å². The van der Waals surface area contributed by atoms with E-state index < -0.39 is 17.8 Å². The summed E-state index contributed by atoms with van der Waals surface area (Å²) in [7, 11) is 0. The van der Waals surface area contributed by atoms with E-state index in [0.29, 0.717) is 28.5 Å². The molecule has 3 heterocycles. The van der Waals surface area contributed by atoms with Crippen LogP contribution in [0.5, 0.6) is 0 Å². The third-order valence-electron chi connectivity index (χ3n) is 4.86. The summed E-state index contributed by atoms with van der Waals surface area (Å²) in [6.45, 7) is 1.87. The number of anilines is 2. The highest BCUT2D eigenvalue weighted by Gasteiger charge is 2.33. The molecule has 2 aromatic carbocycles. The van der Waals surface area contributed by atoms with Crippen molar-refractivity contribution in [2.75, 3.05) is 9.62 Å². The van der Waals surface area contributed by atoms with E-state index in [4.69, 9.17) is 4.99 Å². The highest BCUT2D eigenvalue weighted by Crippen LogP contribution is 2.42. The molecule has 11 heteroatoms. The first-order chi connectivity index (χ1) is 15.4. The van der Waals surface area contributed by atoms with Crippen LogP contribution < -0.4 is 9.62 Å². The van der Waals surface area contributed by atoms with Gasteiger partial charge in [0.05, 0.1) is 34.2 Å². The molecule has 7 nitrogen and oxygen atoms in total. The second-order valence-corrected chi connectivity index (χ2v) is 8.05. The van der Waals surface area contributed by atoms with Gasteiger partial charge < -0.3 is 10.3 Å². The minimum atomic E-state index is -4.44. The van der Waals surface area contributed by atoms with Gasteiger partial charge in [-0.05, 0) is 49.2 Å². The number of rotatable bonds is 4. The van der Waals surface area contributed by atoms with Crippen LogP contribution in [-0.4, -0.2) is 31.8 Å². The fourth-order valence-electron chi connectivity index (χ4n) is 3.35. The van der Waals surface area contributed by atoms with E-state index >= 15 is 0 Å². The van der Waals surface area contributed by atoms with Gasteiger partial charge in [-0.15, -0.1) is 0 Å². The van der Waals surface area contributed by atoms with E-state index in [-0.39, 0.29) is 0 Å². The van der Waals surface area contributed by atoms with Gasteiger partial charge in [-0.3, -0.25) is 4.31 Å². The average Bonchev–Trinajstić information content (AvgIpc) is 3.28. The Bertz CT molecular complexity index is 1320. The smallest absolute Gasteiger partial charge is 0.358 e. The quantitative estimate of drug-likeness (QED) is 0.400. The molecule has 0 amide bonds. The second kappa shape index (κ2) is 7.83. The maximum atomic E-state index is 13.3. The lowest BCUT2D eigenvalue weighted by atomic mass is 10.2. The number of hydrogen-bond acceptors (Lipinski definition) is 7. The van der Waals surface area contributed by atoms with Crippen molar-refractivity contribution in [2.45, 2.75) is 24.0 Å². The second-order valence-electron chi connectivity index (χ2n) is 7.06. The molecule has 2 N–H and O–H groups in total. The molecule has 162 valence electrons. The average molecular weight is 455 g/mol. The summed E-state index contributed by atoms with van der Waals surface area (Å²) in [5.41, 5.74) is 1.55. The van der Waals surface area contributed by atoms with Crippen LogP contribution in [-0.2, 0) is 6.18 Å². The Morgan fingerprint density at radius 3 is 2.75 bits per heavy atom. The van der Waals surface area contributed by atoms with E-state index in [1.807, 2.05) is 31.2 Å². The predicted octanol–water partition coefficient (Wildman–Crippen LogP) is 5.43. The van der Waals surface area contributed by atoms with Crippen LogP contribution in [0.2, 0.25) is 0 Å². The van der Waals surface area contributed by atoms with Crippen molar-refractivity contribution in [3.63, 3.8) is 0 Å². The number of fused-ring (bicyclic) bond motifs is 2. The van der Waals surface area contributed by atoms with Crippen molar-refractivity contribution in [2.24, 2.45) is 4.99 Å². The van der Waals surface area contributed by atoms with E-state index in [1.54, 1.807) is 10.4 Å². The standard InChI is InChI=1S/C21H16F3N7S/c1-12(29-19-17-18(26-10-25-17)27-11-28-19)20-30-15-7-2-3-8-16(15)32-31(20)14-6-4-5-13(9-14)21(22,23)24/h2-12H,1H3,(H2,25,26,27,28,29). The number of nitrogens with one attached hydrogen (secondary N) is 2. The Balaban J connectivity index is 1.55. The van der Waals surface area contributed by atoms with Crippen LogP contribution in [0.15, 0.2) is 71.1 Å². The molecule has 0 aliphatic carbocycles. The van der Waals surface area contributed by atoms with E-state index in [9.17, 15) is 13.2 Å². The summed E-state index contributed by atoms with van der Waals surface area (Å²) in [6, 6.07) is 12.3. The highest BCUT2D eigenvalue weighted by atomic mass is 32.2. The summed E-state index contributed by atoms with van der Waals surface area (Å²) in [4.78, 5) is 21.2. The van der Waals surface area contributed by atoms with E-state index in [0.717, 1.165) is 22.7 Å². The molecule has 0 spiro atoms. The number of aromatic nitrogens is 4. The summed E-state index contributed by atoms with van der Waals surface area (Å²) in [6.07, 6.45) is -1.51. The van der Waals surface area contributed by atoms with E-state index in [2.05, 4.69) is 25.3 Å². The number of aliphatic imine (C=N–C) groups is 1. The summed E-state index contributed by atoms with van der Waals surface area (Å²) >= 11 is 1.32. The fourth-order valence-corrected chi connectivity index (χ4v) is 4.40. The Kier molecular flexibility index (Phi) is 4.97. The van der Waals surface area contributed by atoms with Gasteiger partial charge in [0.15, 0.2) is 11.5 Å². The molecular weight excluding hydrogens is 439 g/mol. The van der Waals surface area contributed by atoms with Crippen LogP contribution >= 0.6 is 11.9 Å². The lowest BCUT2D eigenvalue weighted by Crippen LogP contribution is -2.39. The summed E-state index contributed by atoms with van der Waals surface area (Å²) in [5.74, 6) is 1.04. The molecule has 0 radical (unpaired) electrons. The molecule has 5 rings (SSSR count). The molecular formula is C21H16F3N7S. The first-order valence-electron chi connectivity index (χ1n) is 9.64. The zero-order valence-electron chi connectivity index (χ0n) is 16.6. The highest BCUT2D eigenvalue weighted by molar-refractivity contribution is 8.01. The molecule has 0 bridgehead atoms. The van der Waals surface area contributed by atoms with Gasteiger partial charge in [-0.1, -0.05) is 18.2 Å². The molecule has 1 unspecified atom stereocenters. The van der Waals surface area contributed by atoms with Gasteiger partial charge in [0, 0.05) is 0 Å². The zero-order valence-corrected chi connectivity index (χ0v) is 17.4. The first kappa shape index (κ1) is 20.3. The number of benzene rings is 2. The normalized spacial score (nSPS) is 14.8. The van der Waals surface area contributed by atoms with Crippen LogP contribution in [0.3, 0.4) is 0 Å². The van der Waals surface area contributed by atoms with Crippen LogP contribution in [0.25, 0.3) is 11.2 Å². The van der Waals surface area contributed by atoms with Crippen LogP contribution in [0.4, 0.5) is 30.4 Å². The molecule has 1 aliphatic rings. The van der Waals surface area contributed by atoms with Gasteiger partial charge in [0.25, 0.3) is 0 Å². The number of amidine groups is 1. The molecule has 0 fully saturated rings. The monoisotopic (exact) mass is 455 g/mol. The Hall–Kier alpha value is -3.60. The molecule has 0 saturated carbocycles. The molecule has 32 heavy (non-hydrogen) atoms. The Morgan fingerprint density at radius 1 is 1.06 bits per heavy atom. The lowest BCUT2D eigenvalue weighted by Gasteiger charge is -2.32. The van der Waals surface area contributed by atoms with E-state index in [1.165, 1.54) is 30.7 Å². The minimum Gasteiger partial charge on any atom is -0.358 e. The number of para-hydroxylation sites is 1. The lowest BCUT2D eigenvalue weighted by molar-refractivity contribution is -0.137. The Labute approximate surface area is 185 Å². The van der Waals surface area contributed by atoms with Crippen molar-refractivity contribution in [3.8, 4) is 0 Å². The molecule has 0 saturated heterocycles. The number of halogens is 3. The van der Waals surface area contributed by atoms with Gasteiger partial charge in [-0.25, -0.2) is 19.9 Å². The minimum absolute atomic E-state index is 0.374. The van der Waals surface area contributed by atoms with Crippen LogP contribution in [0, 0.1) is 0 Å². The maximum absolute atomic E-state index is 13.3. The van der Waals surface area contributed by atoms with Gasteiger partial charge in [0.1, 0.15) is 17.7 Å². The molecule has 4 aromatic rings. The Morgan fingerprint density at radius 2 is 1.91 bits per heavy atom. The summed E-state index contributed by atoms with van der Waals surface area (Å²) in [5, 5.41) is 3.27.